The van der Waals surface area contributed by atoms with Crippen molar-refractivity contribution in [3.8, 4) is 0 Å². The third kappa shape index (κ3) is 8.15. The quantitative estimate of drug-likeness (QED) is 0.107. The van der Waals surface area contributed by atoms with Crippen molar-refractivity contribution in [2.75, 3.05) is 19.8 Å². The molecule has 0 aromatic rings. The van der Waals surface area contributed by atoms with Crippen LogP contribution in [0.1, 0.15) is 106 Å². The van der Waals surface area contributed by atoms with Crippen LogP contribution in [0.15, 0.2) is 11.6 Å². The molecule has 0 amide bonds. The van der Waals surface area contributed by atoms with E-state index in [0.29, 0.717) is 18.8 Å². The summed E-state index contributed by atoms with van der Waals surface area (Å²) in [6.07, 6.45) is -14.7. The molecule has 3 saturated heterocycles. The first kappa shape index (κ1) is 50.9. The van der Waals surface area contributed by atoms with E-state index in [4.69, 9.17) is 28.4 Å². The van der Waals surface area contributed by atoms with Gasteiger partial charge in [-0.15, -0.1) is 0 Å². The third-order valence-electron chi connectivity index (χ3n) is 19.1. The number of aliphatic hydroxyl groups is 11. The van der Waals surface area contributed by atoms with Crippen LogP contribution in [-0.4, -0.2) is 180 Å². The van der Waals surface area contributed by atoms with Gasteiger partial charge in [-0.05, 0) is 110 Å². The van der Waals surface area contributed by atoms with Gasteiger partial charge in [-0.1, -0.05) is 53.2 Å². The van der Waals surface area contributed by atoms with E-state index in [0.717, 1.165) is 44.9 Å². The maximum absolute atomic E-state index is 14.5. The first-order valence-electron chi connectivity index (χ1n) is 24.4. The van der Waals surface area contributed by atoms with Crippen LogP contribution >= 0.6 is 0 Å². The van der Waals surface area contributed by atoms with E-state index in [9.17, 15) is 61.0 Å². The van der Waals surface area contributed by atoms with E-state index in [2.05, 4.69) is 47.6 Å². The SMILES string of the molecule is CC1OC(OC2C(CO)OC(OCC3OC(OC(=O)C4CC(C)(C)CC5C6=CCC7C8(C)CCC(O)C(C)(CO)C8CCC7(C)C6(C)CCC45)C(O)C(O)C3O)C(O)C2O)C(O)C(O)C1O. The van der Waals surface area contributed by atoms with Crippen molar-refractivity contribution >= 4 is 5.97 Å². The largest absolute Gasteiger partial charge is 0.432 e. The first-order valence-corrected chi connectivity index (χ1v) is 24.4. The molecule has 8 aliphatic rings. The minimum atomic E-state index is -1.84. The Morgan fingerprint density at radius 2 is 1.35 bits per heavy atom. The predicted molar refractivity (Wildman–Crippen MR) is 230 cm³/mol. The molecular formula is C48H78O18. The molecule has 0 aromatic heterocycles. The lowest BCUT2D eigenvalue weighted by molar-refractivity contribution is -0.361. The number of hydrogen-bond donors (Lipinski definition) is 11. The zero-order chi connectivity index (χ0) is 48.2. The lowest BCUT2D eigenvalue weighted by atomic mass is 9.34. The average Bonchev–Trinajstić information content (AvgIpc) is 3.27. The van der Waals surface area contributed by atoms with Crippen LogP contribution in [0.2, 0.25) is 0 Å². The van der Waals surface area contributed by atoms with Crippen molar-refractivity contribution in [3.63, 3.8) is 0 Å². The van der Waals surface area contributed by atoms with E-state index in [1.807, 2.05) is 0 Å². The molecule has 0 bridgehead atoms. The molecule has 0 spiro atoms. The highest BCUT2D eigenvalue weighted by Gasteiger charge is 2.68. The molecule has 8 rings (SSSR count). The van der Waals surface area contributed by atoms with Gasteiger partial charge in [-0.2, -0.15) is 0 Å². The second kappa shape index (κ2) is 18.3. The highest BCUT2D eigenvalue weighted by atomic mass is 16.8. The maximum atomic E-state index is 14.5. The Bertz CT molecular complexity index is 1780. The van der Waals surface area contributed by atoms with Crippen LogP contribution in [-0.2, 0) is 33.2 Å². The third-order valence-corrected chi connectivity index (χ3v) is 19.1. The standard InChI is InChI=1S/C48H78O18/c1-21-31(52)33(54)36(57)42(62-21)65-39-26(18-49)63-41(38(59)35(39)56)61-19-27-32(53)34(55)37(58)43(64-27)66-40(60)24-17-44(2,3)16-23-22(24)10-14-47(6)25(23)8-9-29-45(4)13-12-30(51)46(5,20-50)28(45)11-15-48(29,47)7/h8,21-24,26-39,41-43,49-59H,9-20H2,1-7H3. The minimum absolute atomic E-state index is 0.0367. The molecule has 66 heavy (non-hydrogen) atoms. The molecule has 0 radical (unpaired) electrons. The van der Waals surface area contributed by atoms with Crippen LogP contribution in [0.5, 0.6) is 0 Å². The van der Waals surface area contributed by atoms with Crippen LogP contribution in [0.4, 0.5) is 0 Å². The Hall–Kier alpha value is -1.43. The van der Waals surface area contributed by atoms with Gasteiger partial charge in [-0.3, -0.25) is 4.79 Å². The number of esters is 1. The number of allylic oxidation sites excluding steroid dienone is 2. The van der Waals surface area contributed by atoms with E-state index in [1.54, 1.807) is 0 Å². The molecule has 7 fully saturated rings. The van der Waals surface area contributed by atoms with Crippen LogP contribution in [0, 0.1) is 56.7 Å². The van der Waals surface area contributed by atoms with Crippen molar-refractivity contribution in [1.82, 2.24) is 0 Å². The zero-order valence-electron chi connectivity index (χ0n) is 39.5. The molecule has 5 aliphatic carbocycles. The van der Waals surface area contributed by atoms with Crippen LogP contribution < -0.4 is 0 Å². The van der Waals surface area contributed by atoms with E-state index < -0.39 is 129 Å². The van der Waals surface area contributed by atoms with Gasteiger partial charge in [0.2, 0.25) is 6.29 Å². The normalized spacial score (nSPS) is 54.8. The Balaban J connectivity index is 0.940. The smallest absolute Gasteiger partial charge is 0.311 e. The van der Waals surface area contributed by atoms with Crippen LogP contribution in [0.25, 0.3) is 0 Å². The van der Waals surface area contributed by atoms with Gasteiger partial charge in [0.15, 0.2) is 12.6 Å². The molecule has 3 aliphatic heterocycles. The van der Waals surface area contributed by atoms with Gasteiger partial charge in [-0.25, -0.2) is 0 Å². The number of fused-ring (bicyclic) bond motifs is 7. The lowest BCUT2D eigenvalue weighted by Crippen LogP contribution is -2.65. The fourth-order valence-electron chi connectivity index (χ4n) is 15.1. The number of hydrogen-bond acceptors (Lipinski definition) is 18. The van der Waals surface area contributed by atoms with E-state index in [1.165, 1.54) is 12.5 Å². The molecular weight excluding hydrogens is 865 g/mol. The zero-order valence-corrected chi connectivity index (χ0v) is 39.5. The molecule has 4 saturated carbocycles. The molecule has 11 N–H and O–H groups in total. The molecule has 18 heteroatoms. The minimum Gasteiger partial charge on any atom is -0.432 e. The summed E-state index contributed by atoms with van der Waals surface area (Å²) in [7, 11) is 0. The summed E-state index contributed by atoms with van der Waals surface area (Å²) in [4.78, 5) is 14.5. The number of ether oxygens (including phenoxy) is 6. The second-order valence-electron chi connectivity index (χ2n) is 23.3. The highest BCUT2D eigenvalue weighted by molar-refractivity contribution is 5.73. The fraction of sp³-hybridized carbons (Fsp3) is 0.938. The number of rotatable bonds is 9. The summed E-state index contributed by atoms with van der Waals surface area (Å²) in [5, 5.41) is 118. The Kier molecular flexibility index (Phi) is 14.1. The molecule has 0 aromatic carbocycles. The predicted octanol–water partition coefficient (Wildman–Crippen LogP) is -0.00360. The Morgan fingerprint density at radius 3 is 2.03 bits per heavy atom. The van der Waals surface area contributed by atoms with Crippen molar-refractivity contribution in [2.45, 2.75) is 204 Å². The van der Waals surface area contributed by atoms with Gasteiger partial charge in [0.05, 0.1) is 37.9 Å². The average molecular weight is 943 g/mol. The maximum Gasteiger partial charge on any atom is 0.311 e. The summed E-state index contributed by atoms with van der Waals surface area (Å²) in [6.45, 7) is 13.7. The van der Waals surface area contributed by atoms with Crippen molar-refractivity contribution in [3.05, 3.63) is 11.6 Å². The lowest BCUT2D eigenvalue weighted by Gasteiger charge is -2.70. The van der Waals surface area contributed by atoms with Gasteiger partial charge in [0.1, 0.15) is 67.1 Å². The highest BCUT2D eigenvalue weighted by Crippen LogP contribution is 2.74. The van der Waals surface area contributed by atoms with Gasteiger partial charge in [0.25, 0.3) is 0 Å². The van der Waals surface area contributed by atoms with Gasteiger partial charge < -0.3 is 84.6 Å². The summed E-state index contributed by atoms with van der Waals surface area (Å²) < 4.78 is 34.4. The Labute approximate surface area is 387 Å². The number of carbonyl (C=O) groups is 1. The van der Waals surface area contributed by atoms with Crippen molar-refractivity contribution < 1.29 is 89.4 Å². The Morgan fingerprint density at radius 1 is 0.697 bits per heavy atom. The van der Waals surface area contributed by atoms with Gasteiger partial charge >= 0.3 is 5.97 Å². The number of aliphatic hydroxyl groups excluding tert-OH is 11. The topological polar surface area (TPSA) is 295 Å². The summed E-state index contributed by atoms with van der Waals surface area (Å²) >= 11 is 0. The molecule has 378 valence electrons. The second-order valence-corrected chi connectivity index (χ2v) is 23.3. The summed E-state index contributed by atoms with van der Waals surface area (Å²) in [6, 6.07) is 0. The van der Waals surface area contributed by atoms with E-state index >= 15 is 0 Å². The van der Waals surface area contributed by atoms with Gasteiger partial charge in [0, 0.05) is 5.41 Å². The fourth-order valence-corrected chi connectivity index (χ4v) is 15.1. The molecule has 3 heterocycles. The molecule has 18 nitrogen and oxygen atoms in total. The molecule has 25 atom stereocenters. The monoisotopic (exact) mass is 943 g/mol. The van der Waals surface area contributed by atoms with Crippen molar-refractivity contribution in [1.29, 1.82) is 0 Å². The number of carbonyl (C=O) groups excluding carboxylic acids is 1. The van der Waals surface area contributed by atoms with Crippen LogP contribution in [0.3, 0.4) is 0 Å². The summed E-state index contributed by atoms with van der Waals surface area (Å²) in [5.74, 6) is -0.527. The van der Waals surface area contributed by atoms with E-state index in [-0.39, 0.29) is 46.0 Å². The first-order chi connectivity index (χ1) is 30.9. The summed E-state index contributed by atoms with van der Waals surface area (Å²) in [5.41, 5.74) is 0.380. The van der Waals surface area contributed by atoms with Crippen molar-refractivity contribution in [2.24, 2.45) is 56.7 Å². The molecule has 25 unspecified atom stereocenters.